The van der Waals surface area contributed by atoms with Crippen molar-refractivity contribution < 1.29 is 0 Å². The Balaban J connectivity index is 1.98. The molecule has 0 spiro atoms. The maximum absolute atomic E-state index is 3.70. The van der Waals surface area contributed by atoms with Gasteiger partial charge in [0, 0.05) is 18.3 Å². The molecule has 0 saturated carbocycles. The highest BCUT2D eigenvalue weighted by molar-refractivity contribution is 5.61. The van der Waals surface area contributed by atoms with E-state index >= 15 is 0 Å². The van der Waals surface area contributed by atoms with Crippen LogP contribution >= 0.6 is 0 Å². The number of nitrogens with zero attached hydrogens (tertiary/aromatic N) is 1. The molecule has 2 atom stereocenters. The molecule has 110 valence electrons. The lowest BCUT2D eigenvalue weighted by molar-refractivity contribution is 0.123. The number of piperidine rings is 1. The summed E-state index contributed by atoms with van der Waals surface area (Å²) in [6.45, 7) is 10.7. The number of hydrogen-bond donors (Lipinski definition) is 1. The van der Waals surface area contributed by atoms with Gasteiger partial charge in [-0.3, -0.25) is 4.90 Å². The minimum Gasteiger partial charge on any atom is -0.384 e. The van der Waals surface area contributed by atoms with Gasteiger partial charge in [0.1, 0.15) is 0 Å². The van der Waals surface area contributed by atoms with Crippen LogP contribution in [0.3, 0.4) is 0 Å². The number of fused-ring (bicyclic) bond motifs is 1. The topological polar surface area (TPSA) is 15.3 Å². The third kappa shape index (κ3) is 2.46. The number of nitrogens with one attached hydrogen (secondary N) is 1. The highest BCUT2D eigenvalue weighted by Gasteiger charge is 2.33. The first-order valence-electron chi connectivity index (χ1n) is 8.29. The average molecular weight is 272 g/mol. The number of hydrogen-bond acceptors (Lipinski definition) is 2. The van der Waals surface area contributed by atoms with E-state index in [1.54, 1.807) is 0 Å². The molecule has 2 heteroatoms. The van der Waals surface area contributed by atoms with E-state index in [9.17, 15) is 0 Å². The summed E-state index contributed by atoms with van der Waals surface area (Å²) in [6, 6.07) is 7.51. The molecule has 0 radical (unpaired) electrons. The van der Waals surface area contributed by atoms with Crippen molar-refractivity contribution in [1.82, 2.24) is 4.90 Å². The SMILES string of the molecule is CC(C)c1cccc2c1NCC(C)C2N1CCCCC1. The van der Waals surface area contributed by atoms with Gasteiger partial charge in [-0.15, -0.1) is 0 Å². The molecule has 2 unspecified atom stereocenters. The Hall–Kier alpha value is -1.02. The summed E-state index contributed by atoms with van der Waals surface area (Å²) in [6.07, 6.45) is 4.15. The predicted octanol–water partition coefficient (Wildman–Crippen LogP) is 4.40. The Labute approximate surface area is 123 Å². The summed E-state index contributed by atoms with van der Waals surface area (Å²) in [5.74, 6) is 1.29. The number of anilines is 1. The van der Waals surface area contributed by atoms with Crippen molar-refractivity contribution >= 4 is 5.69 Å². The Kier molecular flexibility index (Phi) is 4.02. The second-order valence-corrected chi connectivity index (χ2v) is 6.87. The average Bonchev–Trinajstić information content (AvgIpc) is 2.47. The fourth-order valence-corrected chi connectivity index (χ4v) is 3.95. The molecule has 0 aliphatic carbocycles. The maximum atomic E-state index is 3.70. The quantitative estimate of drug-likeness (QED) is 0.858. The molecule has 0 aromatic heterocycles. The minimum atomic E-state index is 0.591. The van der Waals surface area contributed by atoms with Crippen LogP contribution in [0.15, 0.2) is 18.2 Å². The van der Waals surface area contributed by atoms with Crippen LogP contribution < -0.4 is 5.32 Å². The third-order valence-electron chi connectivity index (χ3n) is 4.99. The zero-order valence-electron chi connectivity index (χ0n) is 13.2. The van der Waals surface area contributed by atoms with E-state index in [0.717, 1.165) is 6.54 Å². The summed E-state index contributed by atoms with van der Waals surface area (Å²) in [5.41, 5.74) is 4.45. The summed E-state index contributed by atoms with van der Waals surface area (Å²) in [5, 5.41) is 3.70. The van der Waals surface area contributed by atoms with Crippen LogP contribution in [0, 0.1) is 5.92 Å². The smallest absolute Gasteiger partial charge is 0.0424 e. The van der Waals surface area contributed by atoms with E-state index in [1.807, 2.05) is 0 Å². The van der Waals surface area contributed by atoms with Crippen molar-refractivity contribution in [3.05, 3.63) is 29.3 Å². The number of likely N-dealkylation sites (tertiary alicyclic amines) is 1. The predicted molar refractivity (Wildman–Crippen MR) is 86.3 cm³/mol. The van der Waals surface area contributed by atoms with Gasteiger partial charge in [-0.25, -0.2) is 0 Å². The highest BCUT2D eigenvalue weighted by atomic mass is 15.2. The zero-order chi connectivity index (χ0) is 14.1. The van der Waals surface area contributed by atoms with Gasteiger partial charge < -0.3 is 5.32 Å². The van der Waals surface area contributed by atoms with Gasteiger partial charge in [0.25, 0.3) is 0 Å². The molecule has 2 aliphatic rings. The largest absolute Gasteiger partial charge is 0.384 e. The molecule has 2 nitrogen and oxygen atoms in total. The molecule has 20 heavy (non-hydrogen) atoms. The molecule has 1 fully saturated rings. The number of para-hydroxylation sites is 1. The lowest BCUT2D eigenvalue weighted by atomic mass is 9.84. The fourth-order valence-electron chi connectivity index (χ4n) is 3.95. The summed E-state index contributed by atoms with van der Waals surface area (Å²) >= 11 is 0. The van der Waals surface area contributed by atoms with Crippen molar-refractivity contribution in [3.8, 4) is 0 Å². The van der Waals surface area contributed by atoms with E-state index < -0.39 is 0 Å². The lowest BCUT2D eigenvalue weighted by Crippen LogP contribution is -2.41. The van der Waals surface area contributed by atoms with Gasteiger partial charge in [-0.2, -0.15) is 0 Å². The van der Waals surface area contributed by atoms with Crippen molar-refractivity contribution in [3.63, 3.8) is 0 Å². The molecule has 1 saturated heterocycles. The van der Waals surface area contributed by atoms with Gasteiger partial charge in [0.05, 0.1) is 0 Å². The summed E-state index contributed by atoms with van der Waals surface area (Å²) < 4.78 is 0. The monoisotopic (exact) mass is 272 g/mol. The zero-order valence-corrected chi connectivity index (χ0v) is 13.2. The number of benzene rings is 1. The first kappa shape index (κ1) is 13.9. The molecular formula is C18H28N2. The second-order valence-electron chi connectivity index (χ2n) is 6.87. The van der Waals surface area contributed by atoms with E-state index in [0.29, 0.717) is 17.9 Å². The van der Waals surface area contributed by atoms with Gasteiger partial charge in [-0.1, -0.05) is 45.4 Å². The first-order valence-corrected chi connectivity index (χ1v) is 8.29. The van der Waals surface area contributed by atoms with Crippen LogP contribution in [0.5, 0.6) is 0 Å². The maximum Gasteiger partial charge on any atom is 0.0424 e. The molecule has 2 aliphatic heterocycles. The molecular weight excluding hydrogens is 244 g/mol. The lowest BCUT2D eigenvalue weighted by Gasteiger charge is -2.42. The van der Waals surface area contributed by atoms with Crippen molar-refractivity contribution in [1.29, 1.82) is 0 Å². The first-order chi connectivity index (χ1) is 9.68. The van der Waals surface area contributed by atoms with Gasteiger partial charge in [0.2, 0.25) is 0 Å². The molecule has 3 rings (SSSR count). The van der Waals surface area contributed by atoms with Crippen molar-refractivity contribution in [2.45, 2.75) is 52.0 Å². The van der Waals surface area contributed by atoms with E-state index in [1.165, 1.54) is 49.2 Å². The second kappa shape index (κ2) is 5.77. The van der Waals surface area contributed by atoms with Gasteiger partial charge in [0.15, 0.2) is 0 Å². The van der Waals surface area contributed by atoms with Crippen LogP contribution in [-0.4, -0.2) is 24.5 Å². The van der Waals surface area contributed by atoms with E-state index in [2.05, 4.69) is 49.2 Å². The molecule has 0 amide bonds. The third-order valence-corrected chi connectivity index (χ3v) is 4.99. The molecule has 1 aromatic carbocycles. The van der Waals surface area contributed by atoms with Crippen LogP contribution in [0.2, 0.25) is 0 Å². The fraction of sp³-hybridized carbons (Fsp3) is 0.667. The van der Waals surface area contributed by atoms with Gasteiger partial charge >= 0.3 is 0 Å². The highest BCUT2D eigenvalue weighted by Crippen LogP contribution is 2.41. The Morgan fingerprint density at radius 3 is 2.60 bits per heavy atom. The minimum absolute atomic E-state index is 0.591. The standard InChI is InChI=1S/C18H28N2/c1-13(2)15-8-7-9-16-17(15)19-12-14(3)18(16)20-10-5-4-6-11-20/h7-9,13-14,18-19H,4-6,10-12H2,1-3H3. The van der Waals surface area contributed by atoms with E-state index in [4.69, 9.17) is 0 Å². The van der Waals surface area contributed by atoms with Crippen LogP contribution in [0.4, 0.5) is 5.69 Å². The van der Waals surface area contributed by atoms with Crippen LogP contribution in [-0.2, 0) is 0 Å². The van der Waals surface area contributed by atoms with Crippen molar-refractivity contribution in [2.24, 2.45) is 5.92 Å². The van der Waals surface area contributed by atoms with Crippen molar-refractivity contribution in [2.75, 3.05) is 25.0 Å². The molecule has 1 aromatic rings. The Morgan fingerprint density at radius 2 is 1.90 bits per heavy atom. The van der Waals surface area contributed by atoms with Crippen LogP contribution in [0.25, 0.3) is 0 Å². The molecule has 0 bridgehead atoms. The normalized spacial score (nSPS) is 27.2. The molecule has 2 heterocycles. The number of rotatable bonds is 2. The Bertz CT molecular complexity index is 460. The van der Waals surface area contributed by atoms with E-state index in [-0.39, 0.29) is 0 Å². The Morgan fingerprint density at radius 1 is 1.15 bits per heavy atom. The summed E-state index contributed by atoms with van der Waals surface area (Å²) in [4.78, 5) is 2.73. The summed E-state index contributed by atoms with van der Waals surface area (Å²) in [7, 11) is 0. The van der Waals surface area contributed by atoms with Gasteiger partial charge in [-0.05, 0) is 48.9 Å². The van der Waals surface area contributed by atoms with Crippen LogP contribution in [0.1, 0.15) is 63.1 Å². The molecule has 1 N–H and O–H groups in total.